The molecule has 8 nitrogen and oxygen atoms in total. The van der Waals surface area contributed by atoms with Crippen molar-refractivity contribution in [1.82, 2.24) is 24.6 Å². The lowest BCUT2D eigenvalue weighted by molar-refractivity contribution is 0.144. The highest BCUT2D eigenvalue weighted by atomic mass is 35.5. The summed E-state index contributed by atoms with van der Waals surface area (Å²) in [5.74, 6) is 0.379. The van der Waals surface area contributed by atoms with Crippen molar-refractivity contribution in [2.75, 3.05) is 37.9 Å². The predicted molar refractivity (Wildman–Crippen MR) is 140 cm³/mol. The Labute approximate surface area is 217 Å². The molecule has 11 heteroatoms. The highest BCUT2D eigenvalue weighted by molar-refractivity contribution is 7.92. The topological polar surface area (TPSA) is 83.4 Å². The molecule has 1 aliphatic heterocycles. The molecule has 0 bridgehead atoms. The molecule has 0 spiro atoms. The molecular formula is C25H32ClFN6O2S. The first-order valence-electron chi connectivity index (χ1n) is 11.8. The fourth-order valence-corrected chi connectivity index (χ4v) is 5.33. The number of halogens is 2. The van der Waals surface area contributed by atoms with Crippen LogP contribution in [0.4, 0.5) is 10.1 Å². The average molecular weight is 535 g/mol. The van der Waals surface area contributed by atoms with E-state index in [1.807, 2.05) is 7.05 Å². The van der Waals surface area contributed by atoms with E-state index >= 15 is 0 Å². The van der Waals surface area contributed by atoms with Crippen molar-refractivity contribution in [3.05, 3.63) is 58.6 Å². The number of aromatic nitrogens is 3. The van der Waals surface area contributed by atoms with Gasteiger partial charge >= 0.3 is 0 Å². The van der Waals surface area contributed by atoms with Gasteiger partial charge in [0.05, 0.1) is 22.2 Å². The zero-order valence-electron chi connectivity index (χ0n) is 21.2. The van der Waals surface area contributed by atoms with Gasteiger partial charge in [-0.25, -0.2) is 12.8 Å². The maximum absolute atomic E-state index is 14.5. The van der Waals surface area contributed by atoms with Crippen molar-refractivity contribution < 1.29 is 12.8 Å². The molecule has 0 atom stereocenters. The molecule has 2 heterocycles. The Morgan fingerprint density at radius 1 is 1.03 bits per heavy atom. The summed E-state index contributed by atoms with van der Waals surface area (Å²) in [6.07, 6.45) is 0. The van der Waals surface area contributed by atoms with E-state index in [1.54, 1.807) is 28.8 Å². The predicted octanol–water partition coefficient (Wildman–Crippen LogP) is 4.12. The van der Waals surface area contributed by atoms with Gasteiger partial charge in [-0.2, -0.15) is 0 Å². The first kappa shape index (κ1) is 26.5. The SMILES string of the molecule is CN1CCN(Cc2nnc(-c3cc(Cl)c(F)cc3NS(=O)(=O)c3ccc(C(C)(C)C)cc3)n2C)CC1. The zero-order chi connectivity index (χ0) is 26.3. The fraction of sp³-hybridized carbons (Fsp3) is 0.440. The molecule has 3 aromatic rings. The van der Waals surface area contributed by atoms with Gasteiger partial charge < -0.3 is 9.47 Å². The molecule has 0 unspecified atom stereocenters. The van der Waals surface area contributed by atoms with Gasteiger partial charge in [0, 0.05) is 44.9 Å². The van der Waals surface area contributed by atoms with E-state index in [9.17, 15) is 12.8 Å². The van der Waals surface area contributed by atoms with E-state index in [4.69, 9.17) is 11.6 Å². The highest BCUT2D eigenvalue weighted by Gasteiger charge is 2.24. The van der Waals surface area contributed by atoms with Gasteiger partial charge in [0.15, 0.2) is 5.82 Å². The summed E-state index contributed by atoms with van der Waals surface area (Å²) in [7, 11) is -0.0979. The van der Waals surface area contributed by atoms with Crippen molar-refractivity contribution in [2.24, 2.45) is 7.05 Å². The molecule has 0 aliphatic carbocycles. The fourth-order valence-electron chi connectivity index (χ4n) is 4.09. The molecule has 1 N–H and O–H groups in total. The smallest absolute Gasteiger partial charge is 0.261 e. The lowest BCUT2D eigenvalue weighted by Gasteiger charge is -2.31. The third-order valence-electron chi connectivity index (χ3n) is 6.50. The van der Waals surface area contributed by atoms with Gasteiger partial charge in [-0.3, -0.25) is 9.62 Å². The number of hydrogen-bond donors (Lipinski definition) is 1. The standard InChI is InChI=1S/C25H32ClFN6O2S/c1-25(2,3)17-6-8-18(9-7-17)36(34,35)30-22-15-21(27)20(26)14-19(22)24-29-28-23(32(24)5)16-33-12-10-31(4)11-13-33/h6-9,14-15,30H,10-13,16H2,1-5H3. The van der Waals surface area contributed by atoms with Crippen molar-refractivity contribution in [3.63, 3.8) is 0 Å². The van der Waals surface area contributed by atoms with E-state index in [0.29, 0.717) is 17.9 Å². The number of likely N-dealkylation sites (N-methyl/N-ethyl adjacent to an activating group) is 1. The van der Waals surface area contributed by atoms with Gasteiger partial charge in [0.2, 0.25) is 0 Å². The van der Waals surface area contributed by atoms with Crippen LogP contribution >= 0.6 is 11.6 Å². The van der Waals surface area contributed by atoms with Gasteiger partial charge in [-0.1, -0.05) is 44.5 Å². The van der Waals surface area contributed by atoms with Crippen molar-refractivity contribution in [1.29, 1.82) is 0 Å². The highest BCUT2D eigenvalue weighted by Crippen LogP contribution is 2.34. The number of sulfonamides is 1. The lowest BCUT2D eigenvalue weighted by Crippen LogP contribution is -2.44. The summed E-state index contributed by atoms with van der Waals surface area (Å²) in [5.41, 5.74) is 1.27. The average Bonchev–Trinajstić information content (AvgIpc) is 3.16. The van der Waals surface area contributed by atoms with E-state index < -0.39 is 15.8 Å². The van der Waals surface area contributed by atoms with E-state index in [1.165, 1.54) is 6.07 Å². The molecule has 0 radical (unpaired) electrons. The first-order valence-corrected chi connectivity index (χ1v) is 13.6. The normalized spacial score (nSPS) is 15.9. The monoisotopic (exact) mass is 534 g/mol. The molecule has 1 aliphatic rings. The minimum absolute atomic E-state index is 0.0402. The van der Waals surface area contributed by atoms with Gasteiger partial charge in [0.1, 0.15) is 11.6 Å². The van der Waals surface area contributed by atoms with Crippen LogP contribution in [0.1, 0.15) is 32.2 Å². The van der Waals surface area contributed by atoms with Crippen molar-refractivity contribution >= 4 is 27.3 Å². The van der Waals surface area contributed by atoms with Crippen LogP contribution in [0.15, 0.2) is 41.3 Å². The minimum atomic E-state index is -4.00. The summed E-state index contributed by atoms with van der Waals surface area (Å²) in [5, 5.41) is 8.50. The zero-order valence-corrected chi connectivity index (χ0v) is 22.8. The number of benzene rings is 2. The van der Waals surface area contributed by atoms with Crippen LogP contribution in [0.25, 0.3) is 11.4 Å². The van der Waals surface area contributed by atoms with Crippen LogP contribution in [0.2, 0.25) is 5.02 Å². The Bertz CT molecular complexity index is 1340. The number of rotatable bonds is 6. The Morgan fingerprint density at radius 2 is 1.67 bits per heavy atom. The molecule has 0 saturated carbocycles. The molecule has 1 aromatic heterocycles. The molecule has 1 fully saturated rings. The van der Waals surface area contributed by atoms with Crippen molar-refractivity contribution in [2.45, 2.75) is 37.6 Å². The first-order chi connectivity index (χ1) is 16.8. The molecule has 0 amide bonds. The second-order valence-electron chi connectivity index (χ2n) is 10.3. The molecule has 194 valence electrons. The van der Waals surface area contributed by atoms with Crippen LogP contribution in [0, 0.1) is 5.82 Å². The number of hydrogen-bond acceptors (Lipinski definition) is 6. The molecule has 36 heavy (non-hydrogen) atoms. The Hall–Kier alpha value is -2.53. The second kappa shape index (κ2) is 10.1. The molecule has 4 rings (SSSR count). The number of piperazine rings is 1. The lowest BCUT2D eigenvalue weighted by atomic mass is 9.87. The quantitative estimate of drug-likeness (QED) is 0.512. The Balaban J connectivity index is 1.65. The van der Waals surface area contributed by atoms with E-state index in [2.05, 4.69) is 52.5 Å². The largest absolute Gasteiger partial charge is 0.313 e. The molecular weight excluding hydrogens is 503 g/mol. The van der Waals surface area contributed by atoms with Gasteiger partial charge in [0.25, 0.3) is 10.0 Å². The Morgan fingerprint density at radius 3 is 2.28 bits per heavy atom. The van der Waals surface area contributed by atoms with Crippen molar-refractivity contribution in [3.8, 4) is 11.4 Å². The van der Waals surface area contributed by atoms with Crippen LogP contribution in [0.3, 0.4) is 0 Å². The van der Waals surface area contributed by atoms with Crippen LogP contribution in [0.5, 0.6) is 0 Å². The van der Waals surface area contributed by atoms with Gasteiger partial charge in [-0.15, -0.1) is 10.2 Å². The summed E-state index contributed by atoms with van der Waals surface area (Å²) >= 11 is 6.09. The number of anilines is 1. The Kier molecular flexibility index (Phi) is 7.43. The molecule has 2 aromatic carbocycles. The maximum Gasteiger partial charge on any atom is 0.261 e. The van der Waals surface area contributed by atoms with Crippen LogP contribution in [-0.4, -0.2) is 66.2 Å². The van der Waals surface area contributed by atoms with E-state index in [0.717, 1.165) is 43.6 Å². The molecule has 1 saturated heterocycles. The van der Waals surface area contributed by atoms with E-state index in [-0.39, 0.29) is 21.0 Å². The third kappa shape index (κ3) is 5.72. The van der Waals surface area contributed by atoms with Crippen LogP contribution < -0.4 is 4.72 Å². The maximum atomic E-state index is 14.5. The summed E-state index contributed by atoms with van der Waals surface area (Å²) in [6.45, 7) is 10.5. The summed E-state index contributed by atoms with van der Waals surface area (Å²) in [6, 6.07) is 9.11. The number of nitrogens with one attached hydrogen (secondary N) is 1. The van der Waals surface area contributed by atoms with Gasteiger partial charge in [-0.05, 0) is 36.2 Å². The summed E-state index contributed by atoms with van der Waals surface area (Å²) < 4.78 is 45.2. The second-order valence-corrected chi connectivity index (χ2v) is 12.4. The number of nitrogens with zero attached hydrogens (tertiary/aromatic N) is 5. The third-order valence-corrected chi connectivity index (χ3v) is 8.17. The summed E-state index contributed by atoms with van der Waals surface area (Å²) in [4.78, 5) is 4.63. The van der Waals surface area contributed by atoms with Crippen LogP contribution in [-0.2, 0) is 29.0 Å². The minimum Gasteiger partial charge on any atom is -0.313 e.